The highest BCUT2D eigenvalue weighted by atomic mass is 79.9. The SMILES string of the molecule is CC(CC(=O)Cc1cc(Br)ccc1F)c1ccc(N)cc1. The van der Waals surface area contributed by atoms with Gasteiger partial charge in [-0.3, -0.25) is 4.79 Å². The molecule has 1 atom stereocenters. The maximum absolute atomic E-state index is 13.6. The van der Waals surface area contributed by atoms with Crippen LogP contribution in [-0.4, -0.2) is 5.78 Å². The largest absolute Gasteiger partial charge is 0.399 e. The zero-order chi connectivity index (χ0) is 15.4. The molecule has 0 bridgehead atoms. The number of nitrogen functional groups attached to an aromatic ring is 1. The summed E-state index contributed by atoms with van der Waals surface area (Å²) in [4.78, 5) is 12.1. The molecule has 2 nitrogen and oxygen atoms in total. The van der Waals surface area contributed by atoms with E-state index in [9.17, 15) is 9.18 Å². The maximum atomic E-state index is 13.6. The Morgan fingerprint density at radius 2 is 1.90 bits per heavy atom. The van der Waals surface area contributed by atoms with Crippen LogP contribution in [0.2, 0.25) is 0 Å². The van der Waals surface area contributed by atoms with E-state index in [1.54, 1.807) is 12.1 Å². The average molecular weight is 350 g/mol. The lowest BCUT2D eigenvalue weighted by Gasteiger charge is -2.12. The molecule has 1 unspecified atom stereocenters. The molecule has 0 saturated heterocycles. The van der Waals surface area contributed by atoms with E-state index >= 15 is 0 Å². The quantitative estimate of drug-likeness (QED) is 0.809. The Morgan fingerprint density at radius 1 is 1.24 bits per heavy atom. The molecule has 0 aromatic heterocycles. The number of benzene rings is 2. The van der Waals surface area contributed by atoms with Gasteiger partial charge in [0.05, 0.1) is 0 Å². The summed E-state index contributed by atoms with van der Waals surface area (Å²) in [6, 6.07) is 12.1. The van der Waals surface area contributed by atoms with Gasteiger partial charge in [0.25, 0.3) is 0 Å². The summed E-state index contributed by atoms with van der Waals surface area (Å²) < 4.78 is 14.4. The topological polar surface area (TPSA) is 43.1 Å². The van der Waals surface area contributed by atoms with Crippen molar-refractivity contribution >= 4 is 27.4 Å². The normalized spacial score (nSPS) is 12.1. The van der Waals surface area contributed by atoms with Crippen molar-refractivity contribution in [3.63, 3.8) is 0 Å². The van der Waals surface area contributed by atoms with E-state index < -0.39 is 0 Å². The molecule has 0 aliphatic carbocycles. The number of rotatable bonds is 5. The van der Waals surface area contributed by atoms with Crippen LogP contribution in [0.25, 0.3) is 0 Å². The second-order valence-corrected chi connectivity index (χ2v) is 6.14. The predicted molar refractivity (Wildman–Crippen MR) is 86.7 cm³/mol. The van der Waals surface area contributed by atoms with E-state index in [0.717, 1.165) is 10.0 Å². The Labute approximate surface area is 132 Å². The van der Waals surface area contributed by atoms with Crippen molar-refractivity contribution in [3.05, 3.63) is 63.9 Å². The van der Waals surface area contributed by atoms with Crippen molar-refractivity contribution in [2.24, 2.45) is 0 Å². The molecule has 0 aliphatic heterocycles. The van der Waals surface area contributed by atoms with Crippen LogP contribution < -0.4 is 5.73 Å². The molecule has 110 valence electrons. The Balaban J connectivity index is 2.01. The van der Waals surface area contributed by atoms with Gasteiger partial charge in [-0.15, -0.1) is 0 Å². The molecule has 2 N–H and O–H groups in total. The van der Waals surface area contributed by atoms with Crippen LogP contribution in [0, 0.1) is 5.82 Å². The first-order valence-corrected chi connectivity index (χ1v) is 7.56. The van der Waals surface area contributed by atoms with Crippen LogP contribution in [0.4, 0.5) is 10.1 Å². The minimum atomic E-state index is -0.341. The van der Waals surface area contributed by atoms with Gasteiger partial charge in [0.2, 0.25) is 0 Å². The molecule has 0 heterocycles. The van der Waals surface area contributed by atoms with Crippen molar-refractivity contribution in [3.8, 4) is 0 Å². The monoisotopic (exact) mass is 349 g/mol. The van der Waals surface area contributed by atoms with Gasteiger partial charge in [-0.05, 0) is 47.4 Å². The highest BCUT2D eigenvalue weighted by Gasteiger charge is 2.14. The number of hydrogen-bond acceptors (Lipinski definition) is 2. The fourth-order valence-electron chi connectivity index (χ4n) is 2.25. The second-order valence-electron chi connectivity index (χ2n) is 5.22. The van der Waals surface area contributed by atoms with Gasteiger partial charge in [-0.25, -0.2) is 4.39 Å². The highest BCUT2D eigenvalue weighted by molar-refractivity contribution is 9.10. The molecule has 2 rings (SSSR count). The van der Waals surface area contributed by atoms with Crippen molar-refractivity contribution in [1.29, 1.82) is 0 Å². The molecular weight excluding hydrogens is 333 g/mol. The number of anilines is 1. The van der Waals surface area contributed by atoms with Crippen LogP contribution in [0.5, 0.6) is 0 Å². The van der Waals surface area contributed by atoms with E-state index in [1.165, 1.54) is 6.07 Å². The summed E-state index contributed by atoms with van der Waals surface area (Å²) in [7, 11) is 0. The highest BCUT2D eigenvalue weighted by Crippen LogP contribution is 2.22. The lowest BCUT2D eigenvalue weighted by Crippen LogP contribution is -2.09. The fourth-order valence-corrected chi connectivity index (χ4v) is 2.66. The molecule has 0 amide bonds. The Morgan fingerprint density at radius 3 is 2.57 bits per heavy atom. The molecule has 0 radical (unpaired) electrons. The summed E-state index contributed by atoms with van der Waals surface area (Å²) in [5.74, 6) is -0.226. The first-order valence-electron chi connectivity index (χ1n) is 6.77. The smallest absolute Gasteiger partial charge is 0.137 e. The van der Waals surface area contributed by atoms with Gasteiger partial charge < -0.3 is 5.73 Å². The number of carbonyl (C=O) groups is 1. The summed E-state index contributed by atoms with van der Waals surface area (Å²) >= 11 is 3.29. The van der Waals surface area contributed by atoms with Crippen molar-refractivity contribution in [2.45, 2.75) is 25.7 Å². The summed E-state index contributed by atoms with van der Waals surface area (Å²) in [5, 5.41) is 0. The standard InChI is InChI=1S/C17H17BrFNO/c1-11(12-2-5-15(20)6-3-12)8-16(21)10-13-9-14(18)4-7-17(13)19/h2-7,9,11H,8,10,20H2,1H3. The molecule has 0 aliphatic rings. The molecule has 0 fully saturated rings. The van der Waals surface area contributed by atoms with Crippen LogP contribution in [0.3, 0.4) is 0 Å². The van der Waals surface area contributed by atoms with E-state index in [0.29, 0.717) is 17.7 Å². The van der Waals surface area contributed by atoms with E-state index in [-0.39, 0.29) is 23.9 Å². The summed E-state index contributed by atoms with van der Waals surface area (Å²) in [6.45, 7) is 1.99. The van der Waals surface area contributed by atoms with Crippen LogP contribution >= 0.6 is 15.9 Å². The number of hydrogen-bond donors (Lipinski definition) is 1. The Hall–Kier alpha value is -1.68. The third kappa shape index (κ3) is 4.39. The minimum absolute atomic E-state index is 0.0244. The number of Topliss-reactive ketones (excluding diaryl/α,β-unsaturated/α-hetero) is 1. The molecule has 21 heavy (non-hydrogen) atoms. The van der Waals surface area contributed by atoms with Gasteiger partial charge >= 0.3 is 0 Å². The van der Waals surface area contributed by atoms with E-state index in [1.807, 2.05) is 31.2 Å². The first kappa shape index (κ1) is 15.7. The van der Waals surface area contributed by atoms with Crippen LogP contribution in [-0.2, 0) is 11.2 Å². The molecular formula is C17H17BrFNO. The van der Waals surface area contributed by atoms with Crippen LogP contribution in [0.15, 0.2) is 46.9 Å². The molecule has 2 aromatic rings. The third-order valence-electron chi connectivity index (χ3n) is 3.43. The van der Waals surface area contributed by atoms with Crippen molar-refractivity contribution < 1.29 is 9.18 Å². The first-order chi connectivity index (χ1) is 9.95. The number of ketones is 1. The summed E-state index contributed by atoms with van der Waals surface area (Å²) in [6.07, 6.45) is 0.500. The molecule has 0 saturated carbocycles. The second kappa shape index (κ2) is 6.85. The van der Waals surface area contributed by atoms with E-state index in [2.05, 4.69) is 15.9 Å². The zero-order valence-electron chi connectivity index (χ0n) is 11.8. The summed E-state index contributed by atoms with van der Waals surface area (Å²) in [5.41, 5.74) is 7.84. The van der Waals surface area contributed by atoms with Crippen molar-refractivity contribution in [2.75, 3.05) is 5.73 Å². The van der Waals surface area contributed by atoms with Crippen molar-refractivity contribution in [1.82, 2.24) is 0 Å². The van der Waals surface area contributed by atoms with Gasteiger partial charge in [0.15, 0.2) is 0 Å². The minimum Gasteiger partial charge on any atom is -0.399 e. The average Bonchev–Trinajstić information content (AvgIpc) is 2.43. The number of carbonyl (C=O) groups excluding carboxylic acids is 1. The van der Waals surface area contributed by atoms with Gasteiger partial charge in [-0.1, -0.05) is 35.0 Å². The van der Waals surface area contributed by atoms with Gasteiger partial charge in [0, 0.05) is 23.0 Å². The predicted octanol–water partition coefficient (Wildman–Crippen LogP) is 4.48. The lowest BCUT2D eigenvalue weighted by molar-refractivity contribution is -0.118. The zero-order valence-corrected chi connectivity index (χ0v) is 13.4. The Bertz CT molecular complexity index is 640. The van der Waals surface area contributed by atoms with Gasteiger partial charge in [-0.2, -0.15) is 0 Å². The third-order valence-corrected chi connectivity index (χ3v) is 3.93. The maximum Gasteiger partial charge on any atom is 0.137 e. The number of halogens is 2. The molecule has 0 spiro atoms. The lowest BCUT2D eigenvalue weighted by atomic mass is 9.93. The molecule has 4 heteroatoms. The Kier molecular flexibility index (Phi) is 5.12. The van der Waals surface area contributed by atoms with Gasteiger partial charge in [0.1, 0.15) is 11.6 Å². The van der Waals surface area contributed by atoms with Crippen LogP contribution in [0.1, 0.15) is 30.4 Å². The molecule has 2 aromatic carbocycles. The fraction of sp³-hybridized carbons (Fsp3) is 0.235. The number of nitrogens with two attached hydrogens (primary N) is 1. The van der Waals surface area contributed by atoms with E-state index in [4.69, 9.17) is 5.73 Å².